The Morgan fingerprint density at radius 3 is 2.85 bits per heavy atom. The third kappa shape index (κ3) is 7.59. The van der Waals surface area contributed by atoms with E-state index < -0.39 is 0 Å². The molecule has 0 saturated carbocycles. The van der Waals surface area contributed by atoms with Crippen LogP contribution in [0, 0.1) is 0 Å². The molecule has 146 valence electrons. The molecule has 0 radical (unpaired) electrons. The average molecular weight is 374 g/mol. The monoisotopic (exact) mass is 374 g/mol. The highest BCUT2D eigenvalue weighted by atomic mass is 16.5. The van der Waals surface area contributed by atoms with Crippen molar-refractivity contribution in [3.05, 3.63) is 30.1 Å². The molecule has 0 aliphatic heterocycles. The van der Waals surface area contributed by atoms with Gasteiger partial charge in [0, 0.05) is 24.4 Å². The Balaban J connectivity index is 0.00000114. The van der Waals surface area contributed by atoms with Gasteiger partial charge in [-0.15, -0.1) is 0 Å². The zero-order chi connectivity index (χ0) is 20.1. The SMILES string of the molecule is COc1c(/C=C/C=NC(C)CCCN=C(N)N)ccc2[nH]cnc12.O=CO. The zero-order valence-corrected chi connectivity index (χ0v) is 15.5. The lowest BCUT2D eigenvalue weighted by Gasteiger charge is -2.05. The molecule has 0 aliphatic rings. The second kappa shape index (κ2) is 12.1. The molecular formula is C18H26N6O3. The van der Waals surface area contributed by atoms with Crippen molar-refractivity contribution < 1.29 is 14.6 Å². The molecule has 1 heterocycles. The molecule has 0 spiro atoms. The standard InChI is InChI=1S/C17H24N6O.CH2O2/c1-12(5-3-10-21-17(18)19)20-9-4-6-13-7-8-14-15(16(13)24-2)23-11-22-14;2-1-3/h4,6-9,11-12H,3,5,10H2,1-2H3,(H,22,23)(H4,18,19,21);1H,(H,2,3)/b6-4+,20-9?;. The highest BCUT2D eigenvalue weighted by molar-refractivity contribution is 5.88. The number of hydrogen-bond acceptors (Lipinski definition) is 5. The van der Waals surface area contributed by atoms with Crippen LogP contribution < -0.4 is 16.2 Å². The molecule has 1 atom stereocenters. The fraction of sp³-hybridized carbons (Fsp3) is 0.333. The number of guanidine groups is 1. The summed E-state index contributed by atoms with van der Waals surface area (Å²) in [6.07, 6.45) is 9.17. The van der Waals surface area contributed by atoms with Gasteiger partial charge in [0.15, 0.2) is 11.7 Å². The second-order valence-corrected chi connectivity index (χ2v) is 5.55. The van der Waals surface area contributed by atoms with Crippen LogP contribution in [0.25, 0.3) is 17.1 Å². The van der Waals surface area contributed by atoms with Gasteiger partial charge < -0.3 is 26.3 Å². The first kappa shape index (κ1) is 21.7. The Labute approximate surface area is 157 Å². The van der Waals surface area contributed by atoms with Crippen molar-refractivity contribution in [2.24, 2.45) is 21.5 Å². The molecule has 1 aromatic heterocycles. The van der Waals surface area contributed by atoms with Gasteiger partial charge in [-0.2, -0.15) is 0 Å². The van der Waals surface area contributed by atoms with E-state index >= 15 is 0 Å². The van der Waals surface area contributed by atoms with E-state index in [0.717, 1.165) is 35.2 Å². The number of methoxy groups -OCH3 is 1. The molecular weight excluding hydrogens is 348 g/mol. The Bertz CT molecular complexity index is 793. The van der Waals surface area contributed by atoms with Gasteiger partial charge in [-0.1, -0.05) is 0 Å². The number of allylic oxidation sites excluding steroid dienone is 1. The molecule has 0 fully saturated rings. The van der Waals surface area contributed by atoms with Crippen LogP contribution in [0.4, 0.5) is 0 Å². The number of imidazole rings is 1. The molecule has 1 aromatic carbocycles. The number of benzene rings is 1. The lowest BCUT2D eigenvalue weighted by atomic mass is 10.1. The molecule has 27 heavy (non-hydrogen) atoms. The van der Waals surface area contributed by atoms with Gasteiger partial charge >= 0.3 is 0 Å². The summed E-state index contributed by atoms with van der Waals surface area (Å²) in [7, 11) is 1.65. The minimum atomic E-state index is -0.250. The van der Waals surface area contributed by atoms with Crippen LogP contribution in [0.15, 0.2) is 34.5 Å². The molecule has 2 rings (SSSR count). The number of aromatic amines is 1. The quantitative estimate of drug-likeness (QED) is 0.239. The first-order valence-corrected chi connectivity index (χ1v) is 8.36. The van der Waals surface area contributed by atoms with E-state index in [-0.39, 0.29) is 18.5 Å². The number of carbonyl (C=O) groups is 1. The number of hydrogen-bond donors (Lipinski definition) is 4. The number of aliphatic imine (C=N–C) groups is 2. The molecule has 2 aromatic rings. The number of nitrogens with one attached hydrogen (secondary N) is 1. The third-order valence-electron chi connectivity index (χ3n) is 3.56. The first-order chi connectivity index (χ1) is 13.0. The van der Waals surface area contributed by atoms with Crippen molar-refractivity contribution in [1.82, 2.24) is 9.97 Å². The summed E-state index contributed by atoms with van der Waals surface area (Å²) in [6, 6.07) is 4.19. The number of fused-ring (bicyclic) bond motifs is 1. The lowest BCUT2D eigenvalue weighted by molar-refractivity contribution is -0.122. The van der Waals surface area contributed by atoms with Crippen LogP contribution in [-0.2, 0) is 4.79 Å². The van der Waals surface area contributed by atoms with Crippen LogP contribution >= 0.6 is 0 Å². The maximum atomic E-state index is 8.36. The number of aromatic nitrogens is 2. The van der Waals surface area contributed by atoms with Crippen LogP contribution in [0.1, 0.15) is 25.3 Å². The summed E-state index contributed by atoms with van der Waals surface area (Å²) in [5.74, 6) is 0.889. The van der Waals surface area contributed by atoms with E-state index in [1.54, 1.807) is 19.7 Å². The van der Waals surface area contributed by atoms with E-state index in [0.29, 0.717) is 6.54 Å². The Morgan fingerprint density at radius 2 is 2.19 bits per heavy atom. The van der Waals surface area contributed by atoms with Crippen LogP contribution in [-0.4, -0.2) is 53.4 Å². The molecule has 0 aliphatic carbocycles. The predicted octanol–water partition coefficient (Wildman–Crippen LogP) is 1.80. The molecule has 1 unspecified atom stereocenters. The highest BCUT2D eigenvalue weighted by Crippen LogP contribution is 2.28. The Kier molecular flexibility index (Phi) is 9.69. The van der Waals surface area contributed by atoms with Gasteiger partial charge in [0.05, 0.1) is 19.0 Å². The van der Waals surface area contributed by atoms with E-state index in [4.69, 9.17) is 26.1 Å². The summed E-state index contributed by atoms with van der Waals surface area (Å²) < 4.78 is 5.47. The summed E-state index contributed by atoms with van der Waals surface area (Å²) >= 11 is 0. The van der Waals surface area contributed by atoms with Crippen LogP contribution in [0.3, 0.4) is 0 Å². The van der Waals surface area contributed by atoms with Crippen LogP contribution in [0.2, 0.25) is 0 Å². The smallest absolute Gasteiger partial charge is 0.290 e. The maximum Gasteiger partial charge on any atom is 0.290 e. The first-order valence-electron chi connectivity index (χ1n) is 8.36. The summed E-state index contributed by atoms with van der Waals surface area (Å²) in [6.45, 7) is 2.45. The van der Waals surface area contributed by atoms with Gasteiger partial charge in [0.25, 0.3) is 6.47 Å². The van der Waals surface area contributed by atoms with E-state index in [1.807, 2.05) is 24.3 Å². The Morgan fingerprint density at radius 1 is 1.44 bits per heavy atom. The molecule has 0 amide bonds. The largest absolute Gasteiger partial charge is 0.494 e. The van der Waals surface area contributed by atoms with Crippen molar-refractivity contribution in [2.75, 3.05) is 13.7 Å². The van der Waals surface area contributed by atoms with Crippen LogP contribution in [0.5, 0.6) is 5.75 Å². The van der Waals surface area contributed by atoms with Crippen molar-refractivity contribution in [2.45, 2.75) is 25.8 Å². The molecule has 6 N–H and O–H groups in total. The van der Waals surface area contributed by atoms with Crippen molar-refractivity contribution in [3.8, 4) is 5.75 Å². The second-order valence-electron chi connectivity index (χ2n) is 5.55. The minimum Gasteiger partial charge on any atom is -0.494 e. The summed E-state index contributed by atoms with van der Waals surface area (Å²) in [5, 5.41) is 6.89. The lowest BCUT2D eigenvalue weighted by Crippen LogP contribution is -2.23. The number of nitrogens with zero attached hydrogens (tertiary/aromatic N) is 3. The van der Waals surface area contributed by atoms with Crippen molar-refractivity contribution >= 4 is 35.8 Å². The number of carboxylic acid groups (broad SMARTS) is 1. The fourth-order valence-corrected chi connectivity index (χ4v) is 2.36. The predicted molar refractivity (Wildman–Crippen MR) is 108 cm³/mol. The summed E-state index contributed by atoms with van der Waals surface area (Å²) in [5.41, 5.74) is 13.3. The topological polar surface area (TPSA) is 152 Å². The van der Waals surface area contributed by atoms with Crippen molar-refractivity contribution in [3.63, 3.8) is 0 Å². The van der Waals surface area contributed by atoms with E-state index in [9.17, 15) is 0 Å². The zero-order valence-electron chi connectivity index (χ0n) is 15.5. The minimum absolute atomic E-state index is 0.136. The molecule has 9 nitrogen and oxygen atoms in total. The van der Waals surface area contributed by atoms with Gasteiger partial charge in [0.2, 0.25) is 0 Å². The normalized spacial score (nSPS) is 11.9. The molecule has 0 saturated heterocycles. The number of H-pyrrole nitrogens is 1. The van der Waals surface area contributed by atoms with Crippen molar-refractivity contribution in [1.29, 1.82) is 0 Å². The van der Waals surface area contributed by atoms with Gasteiger partial charge in [0.1, 0.15) is 5.52 Å². The van der Waals surface area contributed by atoms with E-state index in [2.05, 4.69) is 26.9 Å². The number of rotatable bonds is 8. The average Bonchev–Trinajstić information content (AvgIpc) is 3.11. The highest BCUT2D eigenvalue weighted by Gasteiger charge is 2.07. The van der Waals surface area contributed by atoms with Gasteiger partial charge in [-0.05, 0) is 44.1 Å². The molecule has 0 bridgehead atoms. The van der Waals surface area contributed by atoms with Gasteiger partial charge in [-0.3, -0.25) is 14.8 Å². The molecule has 9 heteroatoms. The maximum absolute atomic E-state index is 8.36. The summed E-state index contributed by atoms with van der Waals surface area (Å²) in [4.78, 5) is 24.1. The fourth-order valence-electron chi connectivity index (χ4n) is 2.36. The van der Waals surface area contributed by atoms with Gasteiger partial charge in [-0.25, -0.2) is 4.98 Å². The Hall–Kier alpha value is -3.36. The third-order valence-corrected chi connectivity index (χ3v) is 3.56. The number of ether oxygens (including phenoxy) is 1. The van der Waals surface area contributed by atoms with E-state index in [1.165, 1.54) is 0 Å². The number of nitrogens with two attached hydrogens (primary N) is 2.